The third-order valence-corrected chi connectivity index (χ3v) is 5.75. The van der Waals surface area contributed by atoms with Gasteiger partial charge in [-0.2, -0.15) is 0 Å². The van der Waals surface area contributed by atoms with E-state index in [0.717, 1.165) is 24.2 Å². The molecule has 0 bridgehead atoms. The number of H-pyrrole nitrogens is 1. The molecule has 3 aromatic rings. The summed E-state index contributed by atoms with van der Waals surface area (Å²) >= 11 is 1.14. The molecule has 0 fully saturated rings. The number of carbonyl (C=O) groups is 1. The number of nitrogens with two attached hydrogens (primary N) is 1. The van der Waals surface area contributed by atoms with Crippen molar-refractivity contribution in [3.8, 4) is 5.75 Å². The van der Waals surface area contributed by atoms with Gasteiger partial charge in [-0.1, -0.05) is 13.8 Å². The average Bonchev–Trinajstić information content (AvgIpc) is 3.01. The van der Waals surface area contributed by atoms with Gasteiger partial charge in [-0.15, -0.1) is 11.3 Å². The molecule has 0 aliphatic heterocycles. The summed E-state index contributed by atoms with van der Waals surface area (Å²) < 4.78 is 6.96. The molecule has 8 nitrogen and oxygen atoms in total. The van der Waals surface area contributed by atoms with Gasteiger partial charge in [0.05, 0.1) is 23.4 Å². The van der Waals surface area contributed by atoms with Crippen LogP contribution in [0.1, 0.15) is 53.4 Å². The molecule has 0 atom stereocenters. The van der Waals surface area contributed by atoms with Crippen molar-refractivity contribution in [3.63, 3.8) is 0 Å². The van der Waals surface area contributed by atoms with Gasteiger partial charge in [0.1, 0.15) is 10.7 Å². The standard InChI is InChI=1S/C20H24N4O4S/c1-4-6-15-23-19-16(11(3)17(29-19)18(21)26)20(27)24(15)10-12-8-13(25)14(9-22-12)28-7-5-2/h8-9H,4-7,10H2,1-3H3,(H2,21,26)(H,22,25). The number of aromatic amines is 1. The van der Waals surface area contributed by atoms with Crippen molar-refractivity contribution in [2.45, 2.75) is 46.6 Å². The molecule has 0 saturated heterocycles. The molecule has 0 unspecified atom stereocenters. The molecule has 3 N–H and O–H groups in total. The van der Waals surface area contributed by atoms with Gasteiger partial charge >= 0.3 is 0 Å². The van der Waals surface area contributed by atoms with Gasteiger partial charge in [-0.05, 0) is 25.3 Å². The maximum atomic E-state index is 13.2. The number of thiophene rings is 1. The number of nitrogens with zero attached hydrogens (tertiary/aromatic N) is 2. The number of rotatable bonds is 8. The van der Waals surface area contributed by atoms with E-state index in [2.05, 4.69) is 9.97 Å². The Bertz CT molecular complexity index is 1180. The van der Waals surface area contributed by atoms with E-state index >= 15 is 0 Å². The zero-order valence-corrected chi connectivity index (χ0v) is 17.5. The fraction of sp³-hybridized carbons (Fsp3) is 0.400. The van der Waals surface area contributed by atoms with E-state index in [1.807, 2.05) is 13.8 Å². The summed E-state index contributed by atoms with van der Waals surface area (Å²) in [5.74, 6) is 0.292. The van der Waals surface area contributed by atoms with Crippen molar-refractivity contribution in [3.05, 3.63) is 54.8 Å². The minimum Gasteiger partial charge on any atom is -0.488 e. The molecule has 1 amide bonds. The second-order valence-corrected chi connectivity index (χ2v) is 7.80. The number of aryl methyl sites for hydroxylation is 2. The Morgan fingerprint density at radius 2 is 2.07 bits per heavy atom. The van der Waals surface area contributed by atoms with Crippen molar-refractivity contribution in [1.82, 2.24) is 14.5 Å². The number of ether oxygens (including phenoxy) is 1. The van der Waals surface area contributed by atoms with E-state index in [0.29, 0.717) is 45.2 Å². The van der Waals surface area contributed by atoms with Crippen LogP contribution >= 0.6 is 11.3 Å². The molecule has 9 heteroatoms. The Balaban J connectivity index is 2.09. The highest BCUT2D eigenvalue weighted by Gasteiger charge is 2.20. The Hall–Kier alpha value is -2.94. The molecule has 0 saturated carbocycles. The largest absolute Gasteiger partial charge is 0.488 e. The quantitative estimate of drug-likeness (QED) is 0.584. The first-order valence-electron chi connectivity index (χ1n) is 9.54. The minimum absolute atomic E-state index is 0.168. The number of primary amides is 1. The smallest absolute Gasteiger partial charge is 0.262 e. The van der Waals surface area contributed by atoms with Crippen LogP contribution in [0.4, 0.5) is 0 Å². The lowest BCUT2D eigenvalue weighted by atomic mass is 10.2. The summed E-state index contributed by atoms with van der Waals surface area (Å²) in [6.07, 6.45) is 3.71. The highest BCUT2D eigenvalue weighted by atomic mass is 32.1. The number of amides is 1. The van der Waals surface area contributed by atoms with Crippen LogP contribution in [0.5, 0.6) is 5.75 Å². The highest BCUT2D eigenvalue weighted by Crippen LogP contribution is 2.27. The molecule has 0 aromatic carbocycles. The number of hydrogen-bond acceptors (Lipinski definition) is 6. The fourth-order valence-electron chi connectivity index (χ4n) is 3.16. The van der Waals surface area contributed by atoms with Gasteiger partial charge in [0.25, 0.3) is 11.5 Å². The van der Waals surface area contributed by atoms with E-state index in [1.54, 1.807) is 11.5 Å². The van der Waals surface area contributed by atoms with Crippen LogP contribution in [-0.4, -0.2) is 27.0 Å². The molecule has 3 aromatic heterocycles. The predicted octanol–water partition coefficient (Wildman–Crippen LogP) is 2.34. The summed E-state index contributed by atoms with van der Waals surface area (Å²) in [6, 6.07) is 1.44. The number of pyridine rings is 1. The van der Waals surface area contributed by atoms with Crippen molar-refractivity contribution in [2.75, 3.05) is 6.61 Å². The Kier molecular flexibility index (Phi) is 6.17. The van der Waals surface area contributed by atoms with Gasteiger partial charge in [-0.3, -0.25) is 19.0 Å². The van der Waals surface area contributed by atoms with Crippen LogP contribution in [0.3, 0.4) is 0 Å². The van der Waals surface area contributed by atoms with Crippen LogP contribution < -0.4 is 21.5 Å². The van der Waals surface area contributed by atoms with E-state index in [-0.39, 0.29) is 23.3 Å². The first-order valence-corrected chi connectivity index (χ1v) is 10.4. The normalized spacial score (nSPS) is 11.1. The number of carbonyl (C=O) groups excluding carboxylic acids is 1. The lowest BCUT2D eigenvalue weighted by Gasteiger charge is -2.13. The van der Waals surface area contributed by atoms with Gasteiger partial charge < -0.3 is 15.5 Å². The van der Waals surface area contributed by atoms with E-state index in [9.17, 15) is 14.4 Å². The van der Waals surface area contributed by atoms with Gasteiger partial charge in [0.15, 0.2) is 5.75 Å². The zero-order chi connectivity index (χ0) is 21.1. The molecule has 0 aliphatic rings. The van der Waals surface area contributed by atoms with Crippen LogP contribution in [0, 0.1) is 6.92 Å². The Labute approximate surface area is 171 Å². The summed E-state index contributed by atoms with van der Waals surface area (Å²) in [4.78, 5) is 45.7. The lowest BCUT2D eigenvalue weighted by Crippen LogP contribution is -2.27. The molecule has 0 spiro atoms. The summed E-state index contributed by atoms with van der Waals surface area (Å²) in [5, 5.41) is 0.397. The minimum atomic E-state index is -0.569. The van der Waals surface area contributed by atoms with E-state index in [4.69, 9.17) is 10.5 Å². The van der Waals surface area contributed by atoms with Crippen LogP contribution in [0.15, 0.2) is 21.9 Å². The van der Waals surface area contributed by atoms with Crippen LogP contribution in [-0.2, 0) is 13.0 Å². The molecule has 154 valence electrons. The monoisotopic (exact) mass is 416 g/mol. The third-order valence-electron chi connectivity index (χ3n) is 4.55. The second kappa shape index (κ2) is 8.60. The van der Waals surface area contributed by atoms with Crippen molar-refractivity contribution in [1.29, 1.82) is 0 Å². The highest BCUT2D eigenvalue weighted by molar-refractivity contribution is 7.20. The van der Waals surface area contributed by atoms with Crippen molar-refractivity contribution in [2.24, 2.45) is 5.73 Å². The molecule has 3 rings (SSSR count). The topological polar surface area (TPSA) is 120 Å². The first kappa shape index (κ1) is 20.8. The maximum Gasteiger partial charge on any atom is 0.262 e. The maximum absolute atomic E-state index is 13.2. The first-order chi connectivity index (χ1) is 13.9. The average molecular weight is 417 g/mol. The molecular formula is C20H24N4O4S. The van der Waals surface area contributed by atoms with Gasteiger partial charge in [0.2, 0.25) is 5.43 Å². The fourth-order valence-corrected chi connectivity index (χ4v) is 4.20. The van der Waals surface area contributed by atoms with Crippen LogP contribution in [0.2, 0.25) is 0 Å². The number of nitrogens with one attached hydrogen (secondary N) is 1. The zero-order valence-electron chi connectivity index (χ0n) is 16.7. The van der Waals surface area contributed by atoms with E-state index in [1.165, 1.54) is 12.3 Å². The van der Waals surface area contributed by atoms with Gasteiger partial charge in [0, 0.05) is 24.4 Å². The summed E-state index contributed by atoms with van der Waals surface area (Å²) in [7, 11) is 0. The predicted molar refractivity (Wildman–Crippen MR) is 113 cm³/mol. The molecule has 29 heavy (non-hydrogen) atoms. The summed E-state index contributed by atoms with van der Waals surface area (Å²) in [5.41, 5.74) is 6.07. The molecule has 3 heterocycles. The Morgan fingerprint density at radius 1 is 1.31 bits per heavy atom. The second-order valence-electron chi connectivity index (χ2n) is 6.81. The number of fused-ring (bicyclic) bond motifs is 1. The number of aromatic nitrogens is 3. The summed E-state index contributed by atoms with van der Waals surface area (Å²) in [6.45, 7) is 6.29. The lowest BCUT2D eigenvalue weighted by molar-refractivity contribution is 0.100. The SMILES string of the molecule is CCCOc1c[nH]c(Cn2c(CCC)nc3sc(C(N)=O)c(C)c3c2=O)cc1=O. The molecule has 0 radical (unpaired) electrons. The van der Waals surface area contributed by atoms with Crippen LogP contribution in [0.25, 0.3) is 10.2 Å². The van der Waals surface area contributed by atoms with Gasteiger partial charge in [-0.25, -0.2) is 4.98 Å². The van der Waals surface area contributed by atoms with E-state index < -0.39 is 5.91 Å². The third kappa shape index (κ3) is 4.09. The van der Waals surface area contributed by atoms with Crippen molar-refractivity contribution >= 4 is 27.5 Å². The molecular weight excluding hydrogens is 392 g/mol. The van der Waals surface area contributed by atoms with Crippen molar-refractivity contribution < 1.29 is 9.53 Å². The molecule has 0 aliphatic carbocycles. The number of hydrogen-bond donors (Lipinski definition) is 2. The Morgan fingerprint density at radius 3 is 2.69 bits per heavy atom.